The van der Waals surface area contributed by atoms with Crippen LogP contribution in [0.4, 0.5) is 0 Å². The van der Waals surface area contributed by atoms with Crippen LogP contribution in [0.25, 0.3) is 0 Å². The van der Waals surface area contributed by atoms with Crippen LogP contribution < -0.4 is 5.32 Å². The molecule has 2 saturated heterocycles. The Labute approximate surface area is 498 Å². The summed E-state index contributed by atoms with van der Waals surface area (Å²) in [5.41, 5.74) is 0. The van der Waals surface area contributed by atoms with Crippen LogP contribution in [0.5, 0.6) is 0 Å². The lowest BCUT2D eigenvalue weighted by molar-refractivity contribution is -0.359. The zero-order valence-corrected chi connectivity index (χ0v) is 51.5. The van der Waals surface area contributed by atoms with Crippen molar-refractivity contribution >= 4 is 5.91 Å². The lowest BCUT2D eigenvalue weighted by atomic mass is 9.97. The van der Waals surface area contributed by atoms with Gasteiger partial charge >= 0.3 is 0 Å². The summed E-state index contributed by atoms with van der Waals surface area (Å²) in [6.07, 6.45) is 54.1. The third-order valence-electron chi connectivity index (χ3n) is 15.8. The molecule has 2 aliphatic heterocycles. The lowest BCUT2D eigenvalue weighted by Gasteiger charge is -2.46. The van der Waals surface area contributed by atoms with E-state index in [2.05, 4.69) is 79.9 Å². The highest BCUT2D eigenvalue weighted by molar-refractivity contribution is 5.76. The van der Waals surface area contributed by atoms with E-state index < -0.39 is 86.8 Å². The molecule has 0 aromatic carbocycles. The average Bonchev–Trinajstić information content (AvgIpc) is 3.67. The Kier molecular flexibility index (Phi) is 48.6. The Hall–Kier alpha value is -2.57. The number of aliphatic hydroxyl groups is 8. The van der Waals surface area contributed by atoms with E-state index in [1.54, 1.807) is 6.08 Å². The zero-order valence-electron chi connectivity index (χ0n) is 51.5. The van der Waals surface area contributed by atoms with Gasteiger partial charge in [-0.1, -0.05) is 241 Å². The molecule has 0 saturated carbocycles. The van der Waals surface area contributed by atoms with Crippen LogP contribution >= 0.6 is 0 Å². The average molecular weight is 1160 g/mol. The van der Waals surface area contributed by atoms with Gasteiger partial charge in [0, 0.05) is 6.42 Å². The van der Waals surface area contributed by atoms with Gasteiger partial charge in [-0.25, -0.2) is 0 Å². The molecule has 14 nitrogen and oxygen atoms in total. The van der Waals surface area contributed by atoms with Crippen molar-refractivity contribution in [2.45, 2.75) is 331 Å². The monoisotopic (exact) mass is 1160 g/mol. The number of allylic oxidation sites excluding steroid dienone is 11. The highest BCUT2D eigenvalue weighted by Crippen LogP contribution is 2.30. The zero-order chi connectivity index (χ0) is 59.5. The first-order valence-electron chi connectivity index (χ1n) is 33.2. The number of carbonyl (C=O) groups excluding carboxylic acids is 1. The van der Waals surface area contributed by atoms with Gasteiger partial charge in [-0.3, -0.25) is 4.79 Å². The highest BCUT2D eigenvalue weighted by atomic mass is 16.7. The minimum absolute atomic E-state index is 0.253. The summed E-state index contributed by atoms with van der Waals surface area (Å²) in [6.45, 7) is 2.73. The maximum atomic E-state index is 13.3. The number of aliphatic hydroxyl groups excluding tert-OH is 8. The molecule has 12 unspecified atom stereocenters. The molecular formula is C68H121NO13. The lowest BCUT2D eigenvalue weighted by Crippen LogP contribution is -2.65. The number of carbonyl (C=O) groups is 1. The van der Waals surface area contributed by atoms with Gasteiger partial charge in [-0.15, -0.1) is 0 Å². The van der Waals surface area contributed by atoms with Crippen molar-refractivity contribution in [1.82, 2.24) is 5.32 Å². The van der Waals surface area contributed by atoms with Crippen molar-refractivity contribution in [2.75, 3.05) is 19.8 Å². The first kappa shape index (κ1) is 75.5. The fourth-order valence-corrected chi connectivity index (χ4v) is 10.5. The van der Waals surface area contributed by atoms with Crippen LogP contribution in [0.3, 0.4) is 0 Å². The first-order chi connectivity index (χ1) is 40.1. The number of ether oxygens (including phenoxy) is 4. The summed E-state index contributed by atoms with van der Waals surface area (Å²) in [5, 5.41) is 87.1. The largest absolute Gasteiger partial charge is 0.394 e. The second-order valence-corrected chi connectivity index (χ2v) is 23.2. The molecule has 14 heteroatoms. The van der Waals surface area contributed by atoms with Gasteiger partial charge in [-0.05, 0) is 83.5 Å². The van der Waals surface area contributed by atoms with E-state index in [4.69, 9.17) is 18.9 Å². The normalized spacial score (nSPS) is 24.4. The third-order valence-corrected chi connectivity index (χ3v) is 15.8. The molecule has 9 N–H and O–H groups in total. The smallest absolute Gasteiger partial charge is 0.220 e. The number of hydrogen-bond donors (Lipinski definition) is 9. The Morgan fingerprint density at radius 3 is 1.30 bits per heavy atom. The SMILES string of the molecule is CCCCC/C=C/CC/C=C/CC/C=C/C(O)C(COC1OC(CO)C(OC2OC(CO)C(O)C(O)C2O)C(O)C1O)NC(=O)CCCCCCCCCCCCCCCCCCCCCC/C=C\C/C=C\C/C=C\CCCCCCC. The quantitative estimate of drug-likeness (QED) is 0.0204. The fraction of sp³-hybridized carbons (Fsp3) is 0.809. The van der Waals surface area contributed by atoms with Gasteiger partial charge in [0.25, 0.3) is 0 Å². The molecule has 2 fully saturated rings. The number of hydrogen-bond acceptors (Lipinski definition) is 13. The molecule has 0 spiro atoms. The number of rotatable bonds is 53. The molecule has 0 aromatic rings. The summed E-state index contributed by atoms with van der Waals surface area (Å²) in [5.74, 6) is -0.253. The molecule has 1 amide bonds. The predicted octanol–water partition coefficient (Wildman–Crippen LogP) is 12.7. The van der Waals surface area contributed by atoms with E-state index in [1.165, 1.54) is 167 Å². The molecule has 0 aromatic heterocycles. The van der Waals surface area contributed by atoms with Crippen LogP contribution in [-0.2, 0) is 23.7 Å². The summed E-state index contributed by atoms with van der Waals surface area (Å²) < 4.78 is 22.8. The molecule has 2 aliphatic rings. The Morgan fingerprint density at radius 1 is 0.439 bits per heavy atom. The molecule has 2 heterocycles. The Morgan fingerprint density at radius 2 is 0.817 bits per heavy atom. The minimum Gasteiger partial charge on any atom is -0.394 e. The van der Waals surface area contributed by atoms with Crippen molar-refractivity contribution in [3.63, 3.8) is 0 Å². The van der Waals surface area contributed by atoms with E-state index in [9.17, 15) is 45.6 Å². The fourth-order valence-electron chi connectivity index (χ4n) is 10.5. The van der Waals surface area contributed by atoms with Crippen molar-refractivity contribution in [3.8, 4) is 0 Å². The second kappa shape index (κ2) is 52.7. The minimum atomic E-state index is -1.79. The van der Waals surface area contributed by atoms with E-state index >= 15 is 0 Å². The molecular weight excluding hydrogens is 1040 g/mol. The third kappa shape index (κ3) is 37.1. The summed E-state index contributed by atoms with van der Waals surface area (Å²) in [7, 11) is 0. The number of nitrogens with one attached hydrogen (secondary N) is 1. The predicted molar refractivity (Wildman–Crippen MR) is 332 cm³/mol. The van der Waals surface area contributed by atoms with Crippen LogP contribution in [0.15, 0.2) is 72.9 Å². The molecule has 0 radical (unpaired) electrons. The standard InChI is InChI=1S/C68H121NO13/c1-3-5-7-9-11-13-15-17-18-19-20-21-22-23-24-25-26-27-28-29-30-31-32-33-34-35-36-37-38-40-42-44-46-48-50-52-60(73)69-56(57(72)51-49-47-45-43-41-39-16-14-12-10-8-6-4-2)55-79-67-65(78)63(76)66(59(54-71)81-67)82-68-64(77)62(75)61(74)58(53-70)80-68/h12,14-15,17,19-20,22-23,41,43,49,51,56-59,61-68,70-72,74-78H,3-11,13,16,18,21,24-40,42,44-48,50,52-55H2,1-2H3,(H,69,73)/b14-12+,17-15-,20-19-,23-22-,43-41+,51-49+. The molecule has 2 rings (SSSR count). The van der Waals surface area contributed by atoms with E-state index in [0.29, 0.717) is 12.8 Å². The van der Waals surface area contributed by atoms with Crippen molar-refractivity contribution in [2.24, 2.45) is 0 Å². The van der Waals surface area contributed by atoms with Gasteiger partial charge in [0.05, 0.1) is 32.0 Å². The van der Waals surface area contributed by atoms with Gasteiger partial charge in [0.1, 0.15) is 48.8 Å². The van der Waals surface area contributed by atoms with Gasteiger partial charge in [-0.2, -0.15) is 0 Å². The Bertz CT molecular complexity index is 1650. The van der Waals surface area contributed by atoms with Gasteiger partial charge in [0.2, 0.25) is 5.91 Å². The molecule has 0 aliphatic carbocycles. The van der Waals surface area contributed by atoms with Crippen LogP contribution in [0.2, 0.25) is 0 Å². The topological polar surface area (TPSA) is 228 Å². The Balaban J connectivity index is 1.61. The van der Waals surface area contributed by atoms with E-state index in [1.807, 2.05) is 6.08 Å². The summed E-state index contributed by atoms with van der Waals surface area (Å²) >= 11 is 0. The summed E-state index contributed by atoms with van der Waals surface area (Å²) in [4.78, 5) is 13.3. The van der Waals surface area contributed by atoms with Crippen molar-refractivity contribution in [1.29, 1.82) is 0 Å². The maximum Gasteiger partial charge on any atom is 0.220 e. The van der Waals surface area contributed by atoms with Crippen LogP contribution in [-0.4, -0.2) is 140 Å². The van der Waals surface area contributed by atoms with Gasteiger partial charge < -0.3 is 65.1 Å². The first-order valence-corrected chi connectivity index (χ1v) is 33.2. The highest BCUT2D eigenvalue weighted by Gasteiger charge is 2.51. The maximum absolute atomic E-state index is 13.3. The van der Waals surface area contributed by atoms with E-state index in [0.717, 1.165) is 57.8 Å². The van der Waals surface area contributed by atoms with Gasteiger partial charge in [0.15, 0.2) is 12.6 Å². The molecule has 12 atom stereocenters. The molecule has 82 heavy (non-hydrogen) atoms. The molecule has 476 valence electrons. The number of amides is 1. The van der Waals surface area contributed by atoms with Crippen LogP contribution in [0.1, 0.15) is 258 Å². The van der Waals surface area contributed by atoms with E-state index in [-0.39, 0.29) is 18.9 Å². The summed E-state index contributed by atoms with van der Waals surface area (Å²) in [6, 6.07) is -0.939. The van der Waals surface area contributed by atoms with Crippen molar-refractivity contribution < 1.29 is 64.6 Å². The number of unbranched alkanes of at least 4 members (excludes halogenated alkanes) is 30. The van der Waals surface area contributed by atoms with Crippen molar-refractivity contribution in [3.05, 3.63) is 72.9 Å². The second-order valence-electron chi connectivity index (χ2n) is 23.2. The molecule has 0 bridgehead atoms. The van der Waals surface area contributed by atoms with Crippen LogP contribution in [0, 0.1) is 0 Å².